The first-order valence-corrected chi connectivity index (χ1v) is 12.4. The fourth-order valence-electron chi connectivity index (χ4n) is 3.74. The van der Waals surface area contributed by atoms with Gasteiger partial charge < -0.3 is 18.4 Å². The summed E-state index contributed by atoms with van der Waals surface area (Å²) in [7, 11) is -2.26. The third-order valence-electron chi connectivity index (χ3n) is 5.47. The van der Waals surface area contributed by atoms with Crippen LogP contribution in [0.25, 0.3) is 0 Å². The minimum atomic E-state index is -3.79. The summed E-state index contributed by atoms with van der Waals surface area (Å²) >= 11 is 5.91. The molecule has 9 nitrogen and oxygen atoms in total. The molecule has 1 fully saturated rings. The summed E-state index contributed by atoms with van der Waals surface area (Å²) in [6, 6.07) is 16.3. The van der Waals surface area contributed by atoms with Crippen LogP contribution < -0.4 is 15.5 Å². The molecule has 1 aliphatic rings. The molecule has 0 spiro atoms. The zero-order chi connectivity index (χ0) is 24.1. The third-order valence-corrected chi connectivity index (χ3v) is 8.27. The van der Waals surface area contributed by atoms with E-state index >= 15 is 0 Å². The highest BCUT2D eigenvalue weighted by Gasteiger charge is 2.45. The lowest BCUT2D eigenvalue weighted by Gasteiger charge is -2.33. The van der Waals surface area contributed by atoms with Crippen molar-refractivity contribution in [3.05, 3.63) is 77.7 Å². The third kappa shape index (κ3) is 5.36. The fourth-order valence-corrected chi connectivity index (χ4v) is 6.24. The standard InChI is InChI=1S/C23H24ClN2O7P/c1-30-19-13-21(22-3-2-12-31-22)26(14-23(27)25-28)34(29,32-15-19)20-10-8-18(9-11-20)33-17-6-4-16(24)5-7-17/h2-12,19,21,28H,13-15H2,1H3,(H,25,27). The molecule has 2 N–H and O–H groups in total. The van der Waals surface area contributed by atoms with Gasteiger partial charge in [-0.1, -0.05) is 11.6 Å². The van der Waals surface area contributed by atoms with Crippen LogP contribution in [-0.2, 0) is 18.6 Å². The largest absolute Gasteiger partial charge is 0.468 e. The second-order valence-electron chi connectivity index (χ2n) is 7.62. The Morgan fingerprint density at radius 2 is 1.85 bits per heavy atom. The van der Waals surface area contributed by atoms with E-state index in [4.69, 9.17) is 35.2 Å². The van der Waals surface area contributed by atoms with Gasteiger partial charge in [0.05, 0.1) is 36.9 Å². The SMILES string of the molecule is COC1COP(=O)(c2ccc(Oc3ccc(Cl)cc3)cc2)N(CC(=O)NO)C(c2ccco2)C1. The van der Waals surface area contributed by atoms with E-state index in [1.165, 1.54) is 18.0 Å². The molecule has 4 rings (SSSR count). The Morgan fingerprint density at radius 1 is 1.18 bits per heavy atom. The Kier molecular flexibility index (Phi) is 7.73. The zero-order valence-electron chi connectivity index (χ0n) is 18.3. The summed E-state index contributed by atoms with van der Waals surface area (Å²) in [5.41, 5.74) is 1.60. The highest BCUT2D eigenvalue weighted by Crippen LogP contribution is 2.57. The quantitative estimate of drug-likeness (QED) is 0.273. The number of carbonyl (C=O) groups excluding carboxylic acids is 1. The van der Waals surface area contributed by atoms with Crippen molar-refractivity contribution in [1.29, 1.82) is 0 Å². The average molecular weight is 507 g/mol. The van der Waals surface area contributed by atoms with Crippen LogP contribution in [0.3, 0.4) is 0 Å². The molecule has 180 valence electrons. The monoisotopic (exact) mass is 506 g/mol. The van der Waals surface area contributed by atoms with Crippen LogP contribution in [0.2, 0.25) is 5.02 Å². The topological polar surface area (TPSA) is 110 Å². The predicted molar refractivity (Wildman–Crippen MR) is 125 cm³/mol. The Morgan fingerprint density at radius 3 is 2.44 bits per heavy atom. The van der Waals surface area contributed by atoms with Crippen LogP contribution in [0.1, 0.15) is 18.2 Å². The Labute approximate surface area is 201 Å². The average Bonchev–Trinajstić information content (AvgIpc) is 3.35. The summed E-state index contributed by atoms with van der Waals surface area (Å²) in [4.78, 5) is 12.2. The molecule has 0 bridgehead atoms. The number of hydrogen-bond donors (Lipinski definition) is 2. The van der Waals surface area contributed by atoms with Gasteiger partial charge in [-0.3, -0.25) is 14.6 Å². The van der Waals surface area contributed by atoms with Gasteiger partial charge in [-0.05, 0) is 67.1 Å². The lowest BCUT2D eigenvalue weighted by Crippen LogP contribution is -2.38. The number of rotatable bonds is 7. The number of halogens is 1. The van der Waals surface area contributed by atoms with Gasteiger partial charge in [0.25, 0.3) is 5.91 Å². The van der Waals surface area contributed by atoms with Crippen LogP contribution >= 0.6 is 19.1 Å². The molecule has 1 aliphatic heterocycles. The predicted octanol–water partition coefficient (Wildman–Crippen LogP) is 4.53. The summed E-state index contributed by atoms with van der Waals surface area (Å²) in [5, 5.41) is 10.1. The minimum absolute atomic E-state index is 0.0469. The van der Waals surface area contributed by atoms with E-state index in [1.54, 1.807) is 66.1 Å². The van der Waals surface area contributed by atoms with Crippen LogP contribution in [0, 0.1) is 0 Å². The van der Waals surface area contributed by atoms with Gasteiger partial charge in [-0.15, -0.1) is 0 Å². The number of nitrogens with one attached hydrogen (secondary N) is 1. The van der Waals surface area contributed by atoms with E-state index in [9.17, 15) is 9.36 Å². The number of furan rings is 1. The molecule has 1 saturated heterocycles. The molecule has 3 aromatic rings. The van der Waals surface area contributed by atoms with Gasteiger partial charge in [0, 0.05) is 12.1 Å². The van der Waals surface area contributed by atoms with Crippen LogP contribution in [0.5, 0.6) is 11.5 Å². The van der Waals surface area contributed by atoms with Crippen molar-refractivity contribution >= 4 is 30.3 Å². The van der Waals surface area contributed by atoms with Gasteiger partial charge in [-0.25, -0.2) is 10.2 Å². The van der Waals surface area contributed by atoms with E-state index in [2.05, 4.69) is 0 Å². The molecular formula is C23H24ClN2O7P. The minimum Gasteiger partial charge on any atom is -0.468 e. The van der Waals surface area contributed by atoms with E-state index in [1.807, 2.05) is 0 Å². The number of methoxy groups -OCH3 is 1. The van der Waals surface area contributed by atoms with Crippen molar-refractivity contribution in [1.82, 2.24) is 10.2 Å². The number of ether oxygens (including phenoxy) is 2. The second kappa shape index (κ2) is 10.7. The summed E-state index contributed by atoms with van der Waals surface area (Å²) in [6.07, 6.45) is 1.48. The molecule has 1 amide bonds. The first-order chi connectivity index (χ1) is 16.4. The van der Waals surface area contributed by atoms with Gasteiger partial charge in [0.1, 0.15) is 17.3 Å². The number of benzene rings is 2. The maximum atomic E-state index is 14.4. The molecule has 3 unspecified atom stereocenters. The second-order valence-corrected chi connectivity index (χ2v) is 10.4. The number of hydroxylamine groups is 1. The molecule has 34 heavy (non-hydrogen) atoms. The molecule has 2 heterocycles. The van der Waals surface area contributed by atoms with Crippen LogP contribution in [0.15, 0.2) is 71.3 Å². The molecule has 0 saturated carbocycles. The van der Waals surface area contributed by atoms with E-state index in [0.717, 1.165) is 0 Å². The van der Waals surface area contributed by atoms with Crippen LogP contribution in [0.4, 0.5) is 0 Å². The van der Waals surface area contributed by atoms with Crippen molar-refractivity contribution in [3.63, 3.8) is 0 Å². The maximum Gasteiger partial charge on any atom is 0.303 e. The molecule has 0 aliphatic carbocycles. The first-order valence-electron chi connectivity index (χ1n) is 10.5. The zero-order valence-corrected chi connectivity index (χ0v) is 19.9. The van der Waals surface area contributed by atoms with Gasteiger partial charge in [0.15, 0.2) is 0 Å². The summed E-state index contributed by atoms with van der Waals surface area (Å²) in [6.45, 7) is -0.343. The first kappa shape index (κ1) is 24.5. The lowest BCUT2D eigenvalue weighted by atomic mass is 10.1. The van der Waals surface area contributed by atoms with Crippen LogP contribution in [-0.4, -0.2) is 42.2 Å². The van der Waals surface area contributed by atoms with Crippen molar-refractivity contribution < 1.29 is 33.0 Å². The smallest absolute Gasteiger partial charge is 0.303 e. The Hall–Kier alpha value is -2.65. The normalized spacial score (nSPS) is 23.3. The van der Waals surface area contributed by atoms with E-state index < -0.39 is 32.1 Å². The van der Waals surface area contributed by atoms with Gasteiger partial charge in [0.2, 0.25) is 0 Å². The summed E-state index contributed by atoms with van der Waals surface area (Å²) < 4.78 is 38.7. The number of nitrogens with zero attached hydrogens (tertiary/aromatic N) is 1. The lowest BCUT2D eigenvalue weighted by molar-refractivity contribution is -0.129. The van der Waals surface area contributed by atoms with Gasteiger partial charge in [-0.2, -0.15) is 0 Å². The number of amides is 1. The van der Waals surface area contributed by atoms with Crippen molar-refractivity contribution in [2.75, 3.05) is 20.3 Å². The van der Waals surface area contributed by atoms with Crippen molar-refractivity contribution in [2.45, 2.75) is 18.6 Å². The Balaban J connectivity index is 1.69. The van der Waals surface area contributed by atoms with Crippen molar-refractivity contribution in [3.8, 4) is 11.5 Å². The Bertz CT molecular complexity index is 1140. The van der Waals surface area contributed by atoms with Gasteiger partial charge >= 0.3 is 7.52 Å². The molecule has 0 radical (unpaired) electrons. The molecule has 1 aromatic heterocycles. The molecule has 11 heteroatoms. The number of carbonyl (C=O) groups is 1. The molecule has 3 atom stereocenters. The maximum absolute atomic E-state index is 14.4. The number of hydrogen-bond acceptors (Lipinski definition) is 7. The molecule has 2 aromatic carbocycles. The van der Waals surface area contributed by atoms with Crippen molar-refractivity contribution in [2.24, 2.45) is 0 Å². The highest BCUT2D eigenvalue weighted by atomic mass is 35.5. The summed E-state index contributed by atoms with van der Waals surface area (Å²) in [5.74, 6) is 0.876. The highest BCUT2D eigenvalue weighted by molar-refractivity contribution is 7.64. The van der Waals surface area contributed by atoms with E-state index in [0.29, 0.717) is 34.0 Å². The molecular weight excluding hydrogens is 483 g/mol. The van der Waals surface area contributed by atoms with E-state index in [-0.39, 0.29) is 6.61 Å². The fraction of sp³-hybridized carbons (Fsp3) is 0.261.